The van der Waals surface area contributed by atoms with Gasteiger partial charge in [-0.15, -0.1) is 0 Å². The zero-order valence-electron chi connectivity index (χ0n) is 17.5. The van der Waals surface area contributed by atoms with Crippen molar-refractivity contribution in [2.24, 2.45) is 0 Å². The number of halogens is 3. The molecule has 1 N–H and O–H groups in total. The molecule has 1 aromatic heterocycles. The summed E-state index contributed by atoms with van der Waals surface area (Å²) in [7, 11) is 1.38. The van der Waals surface area contributed by atoms with Gasteiger partial charge in [0.1, 0.15) is 0 Å². The topological polar surface area (TPSA) is 61.7 Å². The van der Waals surface area contributed by atoms with Gasteiger partial charge in [0, 0.05) is 37.0 Å². The van der Waals surface area contributed by atoms with Crippen LogP contribution in [0.2, 0.25) is 0 Å². The molecule has 0 bridgehead atoms. The smallest absolute Gasteiger partial charge is 0.422 e. The SMILES string of the molecule is COc1cc2c(cc1OCC(F)(F)F)CCn1c-2c(C)c(NCC2CCCO2)cc1=O. The first kappa shape index (κ1) is 21.5. The number of methoxy groups -OCH3 is 1. The molecule has 1 unspecified atom stereocenters. The first-order valence-electron chi connectivity index (χ1n) is 10.3. The molecule has 2 aromatic rings. The third-order valence-electron chi connectivity index (χ3n) is 5.75. The number of hydrogen-bond acceptors (Lipinski definition) is 5. The minimum atomic E-state index is -4.44. The van der Waals surface area contributed by atoms with Gasteiger partial charge in [0.05, 0.1) is 18.9 Å². The van der Waals surface area contributed by atoms with E-state index in [0.29, 0.717) is 19.5 Å². The average Bonchev–Trinajstić information content (AvgIpc) is 3.25. The fraction of sp³-hybridized carbons (Fsp3) is 0.500. The summed E-state index contributed by atoms with van der Waals surface area (Å²) in [5.74, 6) is 0.237. The quantitative estimate of drug-likeness (QED) is 0.741. The Morgan fingerprint density at radius 3 is 2.74 bits per heavy atom. The Hall–Kier alpha value is -2.68. The van der Waals surface area contributed by atoms with Crippen molar-refractivity contribution in [3.8, 4) is 22.8 Å². The largest absolute Gasteiger partial charge is 0.493 e. The van der Waals surface area contributed by atoms with Crippen LogP contribution in [0.15, 0.2) is 23.0 Å². The van der Waals surface area contributed by atoms with Gasteiger partial charge in [-0.3, -0.25) is 4.79 Å². The van der Waals surface area contributed by atoms with Gasteiger partial charge in [-0.05, 0) is 49.4 Å². The average molecular weight is 438 g/mol. The van der Waals surface area contributed by atoms with Gasteiger partial charge < -0.3 is 24.1 Å². The summed E-state index contributed by atoms with van der Waals surface area (Å²) in [4.78, 5) is 12.8. The van der Waals surface area contributed by atoms with Gasteiger partial charge in [0.2, 0.25) is 0 Å². The molecule has 0 amide bonds. The number of rotatable bonds is 6. The fourth-order valence-corrected chi connectivity index (χ4v) is 4.23. The molecule has 168 valence electrons. The van der Waals surface area contributed by atoms with Crippen LogP contribution in [0.3, 0.4) is 0 Å². The molecule has 2 aliphatic rings. The number of pyridine rings is 1. The van der Waals surface area contributed by atoms with E-state index >= 15 is 0 Å². The van der Waals surface area contributed by atoms with E-state index < -0.39 is 12.8 Å². The van der Waals surface area contributed by atoms with Crippen molar-refractivity contribution in [3.63, 3.8) is 0 Å². The molecule has 0 radical (unpaired) electrons. The van der Waals surface area contributed by atoms with Crippen molar-refractivity contribution in [2.75, 3.05) is 32.2 Å². The van der Waals surface area contributed by atoms with Crippen LogP contribution >= 0.6 is 0 Å². The van der Waals surface area contributed by atoms with E-state index in [0.717, 1.165) is 47.5 Å². The number of hydrogen-bond donors (Lipinski definition) is 1. The van der Waals surface area contributed by atoms with Gasteiger partial charge in [-0.2, -0.15) is 13.2 Å². The van der Waals surface area contributed by atoms with E-state index in [2.05, 4.69) is 5.32 Å². The van der Waals surface area contributed by atoms with E-state index in [-0.39, 0.29) is 23.2 Å². The molecule has 3 heterocycles. The summed E-state index contributed by atoms with van der Waals surface area (Å²) in [5, 5.41) is 3.33. The second-order valence-electron chi connectivity index (χ2n) is 7.85. The highest BCUT2D eigenvalue weighted by molar-refractivity contribution is 5.76. The number of fused-ring (bicyclic) bond motifs is 3. The Morgan fingerprint density at radius 1 is 1.26 bits per heavy atom. The maximum Gasteiger partial charge on any atom is 0.422 e. The number of alkyl halides is 3. The number of benzene rings is 1. The number of nitrogens with zero attached hydrogens (tertiary/aromatic N) is 1. The van der Waals surface area contributed by atoms with Crippen LogP contribution in [0.1, 0.15) is 24.0 Å². The van der Waals surface area contributed by atoms with Gasteiger partial charge in [-0.25, -0.2) is 0 Å². The van der Waals surface area contributed by atoms with Crippen LogP contribution < -0.4 is 20.3 Å². The molecule has 9 heteroatoms. The first-order chi connectivity index (χ1) is 14.8. The number of ether oxygens (including phenoxy) is 3. The maximum atomic E-state index is 12.8. The summed E-state index contributed by atoms with van der Waals surface area (Å²) < 4.78 is 55.5. The summed E-state index contributed by atoms with van der Waals surface area (Å²) in [6.07, 6.45) is -1.79. The minimum Gasteiger partial charge on any atom is -0.493 e. The van der Waals surface area contributed by atoms with Crippen molar-refractivity contribution >= 4 is 5.69 Å². The predicted molar refractivity (Wildman–Crippen MR) is 110 cm³/mol. The molecular weight excluding hydrogens is 413 g/mol. The van der Waals surface area contributed by atoms with Crippen LogP contribution in [-0.2, 0) is 17.7 Å². The Labute approximate surface area is 177 Å². The lowest BCUT2D eigenvalue weighted by Crippen LogP contribution is -2.28. The van der Waals surface area contributed by atoms with Crippen molar-refractivity contribution < 1.29 is 27.4 Å². The van der Waals surface area contributed by atoms with E-state index in [1.165, 1.54) is 7.11 Å². The molecule has 0 aliphatic carbocycles. The lowest BCUT2D eigenvalue weighted by Gasteiger charge is -2.27. The summed E-state index contributed by atoms with van der Waals surface area (Å²) in [6, 6.07) is 4.83. The third kappa shape index (κ3) is 4.51. The van der Waals surface area contributed by atoms with Crippen LogP contribution in [0.5, 0.6) is 11.5 Å². The molecule has 0 spiro atoms. The van der Waals surface area contributed by atoms with Crippen LogP contribution in [0, 0.1) is 6.92 Å². The molecule has 1 aromatic carbocycles. The molecule has 1 saturated heterocycles. The van der Waals surface area contributed by atoms with E-state index in [4.69, 9.17) is 14.2 Å². The fourth-order valence-electron chi connectivity index (χ4n) is 4.23. The molecule has 2 aliphatic heterocycles. The number of aromatic nitrogens is 1. The van der Waals surface area contributed by atoms with Crippen LogP contribution in [0.25, 0.3) is 11.3 Å². The maximum absolute atomic E-state index is 12.8. The van der Waals surface area contributed by atoms with Gasteiger partial charge in [0.25, 0.3) is 5.56 Å². The van der Waals surface area contributed by atoms with E-state index in [1.807, 2.05) is 6.92 Å². The lowest BCUT2D eigenvalue weighted by molar-refractivity contribution is -0.153. The van der Waals surface area contributed by atoms with Crippen molar-refractivity contribution in [3.05, 3.63) is 39.7 Å². The predicted octanol–water partition coefficient (Wildman–Crippen LogP) is 3.92. The zero-order valence-corrected chi connectivity index (χ0v) is 17.5. The van der Waals surface area contributed by atoms with Crippen molar-refractivity contribution in [2.45, 2.75) is 45.0 Å². The zero-order chi connectivity index (χ0) is 22.2. The Kier molecular flexibility index (Phi) is 5.88. The summed E-state index contributed by atoms with van der Waals surface area (Å²) in [6.45, 7) is 2.35. The molecule has 31 heavy (non-hydrogen) atoms. The van der Waals surface area contributed by atoms with Gasteiger partial charge >= 0.3 is 6.18 Å². The number of nitrogens with one attached hydrogen (secondary N) is 1. The summed E-state index contributed by atoms with van der Waals surface area (Å²) >= 11 is 0. The standard InChI is InChI=1S/C22H25F3N2O4/c1-13-17(26-11-15-4-3-7-30-15)10-20(28)27-6-5-14-8-19(31-12-22(23,24)25)18(29-2)9-16(14)21(13)27/h8-10,15,26H,3-7,11-12H2,1-2H3. The van der Waals surface area contributed by atoms with Crippen molar-refractivity contribution in [1.82, 2.24) is 4.57 Å². The molecule has 6 nitrogen and oxygen atoms in total. The second kappa shape index (κ2) is 8.45. The molecule has 0 saturated carbocycles. The van der Waals surface area contributed by atoms with Crippen molar-refractivity contribution in [1.29, 1.82) is 0 Å². The van der Waals surface area contributed by atoms with Gasteiger partial charge in [0.15, 0.2) is 18.1 Å². The Balaban J connectivity index is 1.71. The van der Waals surface area contributed by atoms with Crippen LogP contribution in [-0.4, -0.2) is 43.7 Å². The molecule has 4 rings (SSSR count). The molecular formula is C22H25F3N2O4. The number of aryl methyl sites for hydroxylation is 1. The Bertz CT molecular complexity index is 1030. The van der Waals surface area contributed by atoms with E-state index in [9.17, 15) is 18.0 Å². The summed E-state index contributed by atoms with van der Waals surface area (Å²) in [5.41, 5.74) is 3.82. The molecule has 1 atom stereocenters. The highest BCUT2D eigenvalue weighted by atomic mass is 19.4. The van der Waals surface area contributed by atoms with Crippen LogP contribution in [0.4, 0.5) is 18.9 Å². The third-order valence-corrected chi connectivity index (χ3v) is 5.75. The monoisotopic (exact) mass is 438 g/mol. The number of anilines is 1. The second-order valence-corrected chi connectivity index (χ2v) is 7.85. The minimum absolute atomic E-state index is 0.0414. The first-order valence-corrected chi connectivity index (χ1v) is 10.3. The highest BCUT2D eigenvalue weighted by Crippen LogP contribution is 2.40. The Morgan fingerprint density at radius 2 is 2.06 bits per heavy atom. The van der Waals surface area contributed by atoms with E-state index in [1.54, 1.807) is 22.8 Å². The normalized spacial score (nSPS) is 17.8. The molecule has 1 fully saturated rings. The highest BCUT2D eigenvalue weighted by Gasteiger charge is 2.30. The lowest BCUT2D eigenvalue weighted by atomic mass is 9.93. The van der Waals surface area contributed by atoms with Gasteiger partial charge in [-0.1, -0.05) is 0 Å².